The molecule has 4 nitrogen and oxygen atoms in total. The second kappa shape index (κ2) is 5.56. The number of morpholine rings is 1. The average molecular weight is 273 g/mol. The second-order valence-electron chi connectivity index (χ2n) is 5.84. The van der Waals surface area contributed by atoms with E-state index in [0.29, 0.717) is 6.54 Å². The molecule has 0 spiro atoms. The molecule has 3 N–H and O–H groups in total. The first-order valence-corrected chi connectivity index (χ1v) is 7.31. The fourth-order valence-corrected chi connectivity index (χ4v) is 3.10. The van der Waals surface area contributed by atoms with Crippen molar-refractivity contribution in [2.75, 3.05) is 32.8 Å². The lowest BCUT2D eigenvalue weighted by molar-refractivity contribution is -0.0131. The number of para-hydroxylation sites is 1. The van der Waals surface area contributed by atoms with E-state index in [2.05, 4.69) is 47.3 Å². The molecule has 108 valence electrons. The lowest BCUT2D eigenvalue weighted by atomic mass is 9.90. The summed E-state index contributed by atoms with van der Waals surface area (Å²) >= 11 is 0. The van der Waals surface area contributed by atoms with Crippen molar-refractivity contribution >= 4 is 10.9 Å². The minimum atomic E-state index is -0.00521. The van der Waals surface area contributed by atoms with Gasteiger partial charge in [0.15, 0.2) is 0 Å². The van der Waals surface area contributed by atoms with E-state index in [1.165, 1.54) is 16.5 Å². The van der Waals surface area contributed by atoms with Gasteiger partial charge in [-0.05, 0) is 25.0 Å². The molecular formula is C16H23N3O. The van der Waals surface area contributed by atoms with Crippen LogP contribution in [0.2, 0.25) is 0 Å². The number of aromatic nitrogens is 1. The van der Waals surface area contributed by atoms with Crippen LogP contribution in [0.1, 0.15) is 12.5 Å². The summed E-state index contributed by atoms with van der Waals surface area (Å²) in [4.78, 5) is 5.82. The zero-order chi connectivity index (χ0) is 14.0. The highest BCUT2D eigenvalue weighted by atomic mass is 16.5. The SMILES string of the molecule is CC(CN)(Cc1c[nH]c2ccccc12)N1CCOCC1. The number of nitrogens with one attached hydrogen (secondary N) is 1. The topological polar surface area (TPSA) is 54.3 Å². The fraction of sp³-hybridized carbons (Fsp3) is 0.500. The molecule has 3 rings (SSSR count). The predicted molar refractivity (Wildman–Crippen MR) is 81.9 cm³/mol. The summed E-state index contributed by atoms with van der Waals surface area (Å²) in [6.07, 6.45) is 3.09. The Morgan fingerprint density at radius 1 is 1.30 bits per heavy atom. The molecule has 1 atom stereocenters. The van der Waals surface area contributed by atoms with Crippen LogP contribution < -0.4 is 5.73 Å². The van der Waals surface area contributed by atoms with Crippen molar-refractivity contribution in [1.29, 1.82) is 0 Å². The molecule has 1 fully saturated rings. The van der Waals surface area contributed by atoms with Gasteiger partial charge in [0.05, 0.1) is 13.2 Å². The molecule has 1 aromatic heterocycles. The molecule has 0 radical (unpaired) electrons. The van der Waals surface area contributed by atoms with E-state index in [-0.39, 0.29) is 5.54 Å². The fourth-order valence-electron chi connectivity index (χ4n) is 3.10. The van der Waals surface area contributed by atoms with Gasteiger partial charge in [0.1, 0.15) is 0 Å². The molecule has 0 bridgehead atoms. The highest BCUT2D eigenvalue weighted by Crippen LogP contribution is 2.26. The van der Waals surface area contributed by atoms with Gasteiger partial charge in [0.2, 0.25) is 0 Å². The van der Waals surface area contributed by atoms with Gasteiger partial charge >= 0.3 is 0 Å². The zero-order valence-corrected chi connectivity index (χ0v) is 12.1. The van der Waals surface area contributed by atoms with Gasteiger partial charge in [0, 0.05) is 42.3 Å². The highest BCUT2D eigenvalue weighted by Gasteiger charge is 2.32. The van der Waals surface area contributed by atoms with E-state index in [9.17, 15) is 0 Å². The standard InChI is InChI=1S/C16H23N3O/c1-16(12-17,19-6-8-20-9-7-19)10-13-11-18-15-5-3-2-4-14(13)15/h2-5,11,18H,6-10,12,17H2,1H3. The van der Waals surface area contributed by atoms with Crippen molar-refractivity contribution in [1.82, 2.24) is 9.88 Å². The van der Waals surface area contributed by atoms with Crippen LogP contribution in [0.15, 0.2) is 30.5 Å². The van der Waals surface area contributed by atoms with Crippen LogP contribution in [-0.2, 0) is 11.2 Å². The Morgan fingerprint density at radius 3 is 2.80 bits per heavy atom. The first-order chi connectivity index (χ1) is 9.73. The first-order valence-electron chi connectivity index (χ1n) is 7.31. The molecule has 0 saturated carbocycles. The van der Waals surface area contributed by atoms with Gasteiger partial charge in [0.25, 0.3) is 0 Å². The van der Waals surface area contributed by atoms with Crippen LogP contribution in [0.25, 0.3) is 10.9 Å². The van der Waals surface area contributed by atoms with Gasteiger partial charge < -0.3 is 15.5 Å². The van der Waals surface area contributed by atoms with E-state index in [0.717, 1.165) is 32.7 Å². The Kier molecular flexibility index (Phi) is 3.78. The lowest BCUT2D eigenvalue weighted by Gasteiger charge is -2.42. The van der Waals surface area contributed by atoms with Crippen LogP contribution in [0, 0.1) is 0 Å². The van der Waals surface area contributed by atoms with Crippen LogP contribution in [-0.4, -0.2) is 48.3 Å². The Hall–Kier alpha value is -1.36. The van der Waals surface area contributed by atoms with Crippen molar-refractivity contribution < 1.29 is 4.74 Å². The molecule has 1 saturated heterocycles. The van der Waals surface area contributed by atoms with E-state index in [1.54, 1.807) is 0 Å². The van der Waals surface area contributed by atoms with E-state index >= 15 is 0 Å². The van der Waals surface area contributed by atoms with Crippen molar-refractivity contribution in [2.24, 2.45) is 5.73 Å². The third-order valence-electron chi connectivity index (χ3n) is 4.46. The Bertz CT molecular complexity index is 574. The summed E-state index contributed by atoms with van der Waals surface area (Å²) in [5, 5.41) is 1.31. The van der Waals surface area contributed by atoms with Gasteiger partial charge in [-0.2, -0.15) is 0 Å². The number of rotatable bonds is 4. The highest BCUT2D eigenvalue weighted by molar-refractivity contribution is 5.83. The summed E-state index contributed by atoms with van der Waals surface area (Å²) in [7, 11) is 0. The van der Waals surface area contributed by atoms with Crippen LogP contribution in [0.5, 0.6) is 0 Å². The molecule has 20 heavy (non-hydrogen) atoms. The number of H-pyrrole nitrogens is 1. The van der Waals surface area contributed by atoms with Crippen LogP contribution >= 0.6 is 0 Å². The maximum Gasteiger partial charge on any atom is 0.0594 e. The zero-order valence-electron chi connectivity index (χ0n) is 12.1. The van der Waals surface area contributed by atoms with Crippen molar-refractivity contribution in [2.45, 2.75) is 18.9 Å². The minimum absolute atomic E-state index is 0.00521. The number of nitrogens with two attached hydrogens (primary N) is 1. The summed E-state index contributed by atoms with van der Waals surface area (Å²) < 4.78 is 5.46. The third kappa shape index (κ3) is 2.46. The summed E-state index contributed by atoms with van der Waals surface area (Å²) in [6, 6.07) is 8.45. The first kappa shape index (κ1) is 13.6. The molecule has 1 aliphatic heterocycles. The van der Waals surface area contributed by atoms with Crippen molar-refractivity contribution in [3.05, 3.63) is 36.0 Å². The molecule has 1 unspecified atom stereocenters. The Labute approximate surface area is 119 Å². The summed E-state index contributed by atoms with van der Waals surface area (Å²) in [5.74, 6) is 0. The number of ether oxygens (including phenoxy) is 1. The smallest absolute Gasteiger partial charge is 0.0594 e. The van der Waals surface area contributed by atoms with Crippen LogP contribution in [0.3, 0.4) is 0 Å². The van der Waals surface area contributed by atoms with Gasteiger partial charge in [-0.3, -0.25) is 4.90 Å². The second-order valence-corrected chi connectivity index (χ2v) is 5.84. The Morgan fingerprint density at radius 2 is 2.05 bits per heavy atom. The molecule has 2 heterocycles. The summed E-state index contributed by atoms with van der Waals surface area (Å²) in [6.45, 7) is 6.48. The number of fused-ring (bicyclic) bond motifs is 1. The van der Waals surface area contributed by atoms with Crippen LogP contribution in [0.4, 0.5) is 0 Å². The number of hydrogen-bond acceptors (Lipinski definition) is 3. The average Bonchev–Trinajstić information content (AvgIpc) is 2.91. The van der Waals surface area contributed by atoms with Crippen molar-refractivity contribution in [3.8, 4) is 0 Å². The quantitative estimate of drug-likeness (QED) is 0.892. The third-order valence-corrected chi connectivity index (χ3v) is 4.46. The molecule has 1 aliphatic rings. The van der Waals surface area contributed by atoms with E-state index in [1.807, 2.05) is 0 Å². The number of aromatic amines is 1. The largest absolute Gasteiger partial charge is 0.379 e. The molecule has 0 aliphatic carbocycles. The summed E-state index contributed by atoms with van der Waals surface area (Å²) in [5.41, 5.74) is 8.65. The van der Waals surface area contributed by atoms with Gasteiger partial charge in [-0.1, -0.05) is 18.2 Å². The number of benzene rings is 1. The lowest BCUT2D eigenvalue weighted by Crippen LogP contribution is -2.56. The number of nitrogens with zero attached hydrogens (tertiary/aromatic N) is 1. The molecular weight excluding hydrogens is 250 g/mol. The monoisotopic (exact) mass is 273 g/mol. The normalized spacial score (nSPS) is 20.1. The predicted octanol–water partition coefficient (Wildman–Crippen LogP) is 1.76. The maximum atomic E-state index is 6.11. The van der Waals surface area contributed by atoms with E-state index in [4.69, 9.17) is 10.5 Å². The number of hydrogen-bond donors (Lipinski definition) is 2. The Balaban J connectivity index is 1.86. The molecule has 4 heteroatoms. The van der Waals surface area contributed by atoms with Gasteiger partial charge in [-0.15, -0.1) is 0 Å². The molecule has 1 aromatic carbocycles. The maximum absolute atomic E-state index is 6.11. The van der Waals surface area contributed by atoms with Crippen molar-refractivity contribution in [3.63, 3.8) is 0 Å². The minimum Gasteiger partial charge on any atom is -0.379 e. The van der Waals surface area contributed by atoms with E-state index < -0.39 is 0 Å². The molecule has 2 aromatic rings. The molecule has 0 amide bonds. The van der Waals surface area contributed by atoms with Gasteiger partial charge in [-0.25, -0.2) is 0 Å².